The summed E-state index contributed by atoms with van der Waals surface area (Å²) in [6.07, 6.45) is 6.86. The number of ether oxygens (including phenoxy) is 1. The van der Waals surface area contributed by atoms with E-state index in [2.05, 4.69) is 5.32 Å². The van der Waals surface area contributed by atoms with Crippen LogP contribution in [0.2, 0.25) is 0 Å². The number of nitrogens with one attached hydrogen (secondary N) is 1. The second-order valence-electron chi connectivity index (χ2n) is 6.00. The zero-order valence-electron chi connectivity index (χ0n) is 11.5. The minimum absolute atomic E-state index is 0.0785. The van der Waals surface area contributed by atoms with Crippen LogP contribution in [0.3, 0.4) is 0 Å². The van der Waals surface area contributed by atoms with Crippen LogP contribution < -0.4 is 5.32 Å². The molecule has 1 saturated carbocycles. The van der Waals surface area contributed by atoms with Crippen molar-refractivity contribution >= 4 is 5.69 Å². The van der Waals surface area contributed by atoms with Crippen molar-refractivity contribution in [2.45, 2.75) is 57.1 Å². The van der Waals surface area contributed by atoms with Gasteiger partial charge in [0.2, 0.25) is 0 Å². The Morgan fingerprint density at radius 3 is 2.84 bits per heavy atom. The maximum Gasteiger partial charge on any atom is 0.146 e. The summed E-state index contributed by atoms with van der Waals surface area (Å²) in [5.74, 6) is -0.146. The van der Waals surface area contributed by atoms with E-state index < -0.39 is 0 Å². The van der Waals surface area contributed by atoms with Crippen LogP contribution in [0.15, 0.2) is 18.2 Å². The Bertz CT molecular complexity index is 434. The first kappa shape index (κ1) is 12.9. The summed E-state index contributed by atoms with van der Waals surface area (Å²) in [5, 5.41) is 3.41. The van der Waals surface area contributed by atoms with Crippen molar-refractivity contribution in [3.05, 3.63) is 29.6 Å². The quantitative estimate of drug-likeness (QED) is 0.869. The van der Waals surface area contributed by atoms with Gasteiger partial charge < -0.3 is 10.1 Å². The molecule has 19 heavy (non-hydrogen) atoms. The van der Waals surface area contributed by atoms with E-state index in [9.17, 15) is 4.39 Å². The number of anilines is 1. The lowest BCUT2D eigenvalue weighted by Gasteiger charge is -2.39. The van der Waals surface area contributed by atoms with Crippen LogP contribution >= 0.6 is 0 Å². The van der Waals surface area contributed by atoms with Crippen LogP contribution in [0, 0.1) is 12.7 Å². The second kappa shape index (κ2) is 5.12. The minimum atomic E-state index is -0.146. The van der Waals surface area contributed by atoms with E-state index >= 15 is 0 Å². The van der Waals surface area contributed by atoms with Crippen molar-refractivity contribution in [1.82, 2.24) is 0 Å². The zero-order valence-corrected chi connectivity index (χ0v) is 11.5. The van der Waals surface area contributed by atoms with Gasteiger partial charge in [-0.15, -0.1) is 0 Å². The smallest absolute Gasteiger partial charge is 0.146 e. The molecule has 1 atom stereocenters. The summed E-state index contributed by atoms with van der Waals surface area (Å²) in [6, 6.07) is 5.58. The molecule has 1 heterocycles. The molecule has 0 bridgehead atoms. The Hall–Kier alpha value is -1.09. The molecule has 1 saturated heterocycles. The lowest BCUT2D eigenvalue weighted by Crippen LogP contribution is -2.42. The summed E-state index contributed by atoms with van der Waals surface area (Å²) in [4.78, 5) is 0. The molecule has 1 aromatic rings. The monoisotopic (exact) mass is 263 g/mol. The number of hydrogen-bond acceptors (Lipinski definition) is 2. The summed E-state index contributed by atoms with van der Waals surface area (Å²) >= 11 is 0. The van der Waals surface area contributed by atoms with E-state index in [1.165, 1.54) is 31.7 Å². The fraction of sp³-hybridized carbons (Fsp3) is 0.625. The van der Waals surface area contributed by atoms with Crippen molar-refractivity contribution in [2.24, 2.45) is 0 Å². The molecule has 0 aromatic heterocycles. The van der Waals surface area contributed by atoms with Crippen LogP contribution in [0.4, 0.5) is 10.1 Å². The van der Waals surface area contributed by atoms with Gasteiger partial charge in [-0.2, -0.15) is 0 Å². The SMILES string of the molecule is Cc1cccc(F)c1NC1CCOC2(CCCC2)C1. The molecule has 0 amide bonds. The lowest BCUT2D eigenvalue weighted by molar-refractivity contribution is -0.0767. The highest BCUT2D eigenvalue weighted by atomic mass is 19.1. The van der Waals surface area contributed by atoms with Crippen molar-refractivity contribution in [3.8, 4) is 0 Å². The van der Waals surface area contributed by atoms with Crippen LogP contribution in [0.5, 0.6) is 0 Å². The Labute approximate surface area is 114 Å². The van der Waals surface area contributed by atoms with Crippen molar-refractivity contribution in [1.29, 1.82) is 0 Å². The van der Waals surface area contributed by atoms with E-state index in [1.807, 2.05) is 13.0 Å². The van der Waals surface area contributed by atoms with Gasteiger partial charge in [0, 0.05) is 12.6 Å². The summed E-state index contributed by atoms with van der Waals surface area (Å²) in [7, 11) is 0. The summed E-state index contributed by atoms with van der Waals surface area (Å²) in [5.41, 5.74) is 1.73. The van der Waals surface area contributed by atoms with Gasteiger partial charge in [-0.3, -0.25) is 0 Å². The van der Waals surface area contributed by atoms with E-state index in [1.54, 1.807) is 6.07 Å². The van der Waals surface area contributed by atoms with Crippen molar-refractivity contribution < 1.29 is 9.13 Å². The van der Waals surface area contributed by atoms with E-state index in [0.717, 1.165) is 25.0 Å². The Kier molecular flexibility index (Phi) is 3.48. The number of benzene rings is 1. The summed E-state index contributed by atoms with van der Waals surface area (Å²) < 4.78 is 19.9. The molecular weight excluding hydrogens is 241 g/mol. The maximum atomic E-state index is 13.9. The highest BCUT2D eigenvalue weighted by Crippen LogP contribution is 2.40. The molecule has 0 radical (unpaired) electrons. The van der Waals surface area contributed by atoms with Gasteiger partial charge in [0.15, 0.2) is 0 Å². The third-order valence-corrected chi connectivity index (χ3v) is 4.58. The minimum Gasteiger partial charge on any atom is -0.380 e. The lowest BCUT2D eigenvalue weighted by atomic mass is 9.88. The topological polar surface area (TPSA) is 21.3 Å². The predicted octanol–water partition coefficient (Wildman–Crippen LogP) is 4.04. The number of rotatable bonds is 2. The molecule has 1 N–H and O–H groups in total. The standard InChI is InChI=1S/C16H22FNO/c1-12-5-4-6-14(17)15(12)18-13-7-10-19-16(11-13)8-2-3-9-16/h4-6,13,18H,2-3,7-11H2,1H3. The highest BCUT2D eigenvalue weighted by Gasteiger charge is 2.40. The highest BCUT2D eigenvalue weighted by molar-refractivity contribution is 5.52. The van der Waals surface area contributed by atoms with Gasteiger partial charge in [0.05, 0.1) is 11.3 Å². The number of hydrogen-bond donors (Lipinski definition) is 1. The summed E-state index contributed by atoms with van der Waals surface area (Å²) in [6.45, 7) is 2.75. The number of aryl methyl sites for hydroxylation is 1. The Balaban J connectivity index is 1.73. The molecule has 1 unspecified atom stereocenters. The molecule has 104 valence electrons. The van der Waals surface area contributed by atoms with Crippen LogP contribution in [-0.4, -0.2) is 18.2 Å². The van der Waals surface area contributed by atoms with Gasteiger partial charge in [-0.25, -0.2) is 4.39 Å². The van der Waals surface area contributed by atoms with Crippen molar-refractivity contribution in [2.75, 3.05) is 11.9 Å². The van der Waals surface area contributed by atoms with E-state index in [0.29, 0.717) is 11.7 Å². The molecular formula is C16H22FNO. The molecule has 1 aliphatic heterocycles. The number of para-hydroxylation sites is 1. The molecule has 2 aliphatic rings. The molecule has 3 heteroatoms. The Morgan fingerprint density at radius 1 is 1.32 bits per heavy atom. The normalized spacial score (nSPS) is 25.7. The molecule has 2 nitrogen and oxygen atoms in total. The fourth-order valence-corrected chi connectivity index (χ4v) is 3.54. The molecule has 1 aliphatic carbocycles. The average Bonchev–Trinajstić information content (AvgIpc) is 2.82. The van der Waals surface area contributed by atoms with E-state index in [4.69, 9.17) is 4.74 Å². The predicted molar refractivity (Wildman–Crippen MR) is 74.9 cm³/mol. The molecule has 3 rings (SSSR count). The third kappa shape index (κ3) is 2.62. The Morgan fingerprint density at radius 2 is 2.11 bits per heavy atom. The first-order chi connectivity index (χ1) is 9.19. The van der Waals surface area contributed by atoms with Gasteiger partial charge >= 0.3 is 0 Å². The van der Waals surface area contributed by atoms with Crippen LogP contribution in [-0.2, 0) is 4.74 Å². The van der Waals surface area contributed by atoms with Gasteiger partial charge in [-0.1, -0.05) is 25.0 Å². The first-order valence-electron chi connectivity index (χ1n) is 7.34. The number of halogens is 1. The van der Waals surface area contributed by atoms with Gasteiger partial charge in [0.1, 0.15) is 5.82 Å². The fourth-order valence-electron chi connectivity index (χ4n) is 3.54. The molecule has 2 fully saturated rings. The largest absolute Gasteiger partial charge is 0.380 e. The first-order valence-corrected chi connectivity index (χ1v) is 7.34. The maximum absolute atomic E-state index is 13.9. The van der Waals surface area contributed by atoms with Gasteiger partial charge in [0.25, 0.3) is 0 Å². The molecule has 1 spiro atoms. The van der Waals surface area contributed by atoms with Crippen LogP contribution in [0.25, 0.3) is 0 Å². The zero-order chi connectivity index (χ0) is 13.3. The average molecular weight is 263 g/mol. The third-order valence-electron chi connectivity index (χ3n) is 4.58. The molecule has 1 aromatic carbocycles. The van der Waals surface area contributed by atoms with Crippen molar-refractivity contribution in [3.63, 3.8) is 0 Å². The second-order valence-corrected chi connectivity index (χ2v) is 6.00. The van der Waals surface area contributed by atoms with Gasteiger partial charge in [-0.05, 0) is 44.2 Å². The van der Waals surface area contributed by atoms with E-state index in [-0.39, 0.29) is 11.4 Å². The van der Waals surface area contributed by atoms with Crippen LogP contribution in [0.1, 0.15) is 44.1 Å².